The first-order valence-corrected chi connectivity index (χ1v) is 12.8. The standard InChI is InChI=1S/C26H35F5N4O4/c1-6-35-20(15(3)19(34-35)21(37)32-13-25(38)10-9-14(2)11-18(25)36)17-8-7-16(33-22(17)39-23(27)28)12-24(4,5)26(29,30)31/h7-8,14,18,23,36,38H,6,9-13H2,1-5H3,(H,32,37)/t14-,18-,25-/m0/s1. The molecule has 3 N–H and O–H groups in total. The number of alkyl halides is 5. The third-order valence-electron chi connectivity index (χ3n) is 7.34. The minimum absolute atomic E-state index is 0.0325. The van der Waals surface area contributed by atoms with Gasteiger partial charge >= 0.3 is 12.8 Å². The number of amides is 1. The van der Waals surface area contributed by atoms with Crippen molar-refractivity contribution in [3.05, 3.63) is 29.1 Å². The van der Waals surface area contributed by atoms with Gasteiger partial charge in [0, 0.05) is 30.8 Å². The second-order valence-electron chi connectivity index (χ2n) is 10.9. The molecule has 39 heavy (non-hydrogen) atoms. The van der Waals surface area contributed by atoms with Gasteiger partial charge in [-0.3, -0.25) is 9.48 Å². The molecule has 0 bridgehead atoms. The van der Waals surface area contributed by atoms with Crippen LogP contribution in [0.4, 0.5) is 22.0 Å². The average Bonchev–Trinajstić information content (AvgIpc) is 3.15. The highest BCUT2D eigenvalue weighted by atomic mass is 19.4. The van der Waals surface area contributed by atoms with Crippen molar-refractivity contribution in [3.63, 3.8) is 0 Å². The smallest absolute Gasteiger partial charge is 0.394 e. The minimum Gasteiger partial charge on any atom is -0.416 e. The maximum Gasteiger partial charge on any atom is 0.394 e. The highest BCUT2D eigenvalue weighted by Gasteiger charge is 2.47. The van der Waals surface area contributed by atoms with Crippen LogP contribution in [0.5, 0.6) is 5.88 Å². The highest BCUT2D eigenvalue weighted by Crippen LogP contribution is 2.41. The van der Waals surface area contributed by atoms with Crippen LogP contribution in [-0.4, -0.2) is 61.9 Å². The van der Waals surface area contributed by atoms with Gasteiger partial charge in [0.05, 0.1) is 22.8 Å². The Morgan fingerprint density at radius 2 is 1.97 bits per heavy atom. The molecule has 0 aliphatic heterocycles. The molecule has 3 atom stereocenters. The number of ether oxygens (including phenoxy) is 1. The fourth-order valence-electron chi connectivity index (χ4n) is 4.73. The van der Waals surface area contributed by atoms with Gasteiger partial charge in [0.15, 0.2) is 5.69 Å². The van der Waals surface area contributed by atoms with Crippen LogP contribution in [0.1, 0.15) is 68.7 Å². The van der Waals surface area contributed by atoms with E-state index in [0.717, 1.165) is 13.8 Å². The van der Waals surface area contributed by atoms with Crippen molar-refractivity contribution in [1.82, 2.24) is 20.1 Å². The van der Waals surface area contributed by atoms with Crippen LogP contribution in [-0.2, 0) is 13.0 Å². The number of aromatic nitrogens is 3. The van der Waals surface area contributed by atoms with Gasteiger partial charge < -0.3 is 20.3 Å². The molecule has 1 aliphatic carbocycles. The molecule has 0 aromatic carbocycles. The first kappa shape index (κ1) is 30.7. The Morgan fingerprint density at radius 3 is 2.54 bits per heavy atom. The van der Waals surface area contributed by atoms with E-state index in [1.54, 1.807) is 13.8 Å². The van der Waals surface area contributed by atoms with Crippen molar-refractivity contribution in [2.45, 2.75) is 91.3 Å². The third-order valence-corrected chi connectivity index (χ3v) is 7.34. The molecule has 3 rings (SSSR count). The molecule has 2 aromatic rings. The van der Waals surface area contributed by atoms with Gasteiger partial charge in [-0.2, -0.15) is 27.1 Å². The lowest BCUT2D eigenvalue weighted by Crippen LogP contribution is -2.54. The summed E-state index contributed by atoms with van der Waals surface area (Å²) in [6.07, 6.45) is -4.73. The predicted octanol–water partition coefficient (Wildman–Crippen LogP) is 4.65. The molecule has 1 aliphatic rings. The van der Waals surface area contributed by atoms with Gasteiger partial charge in [0.25, 0.3) is 5.91 Å². The number of aryl methyl sites for hydroxylation is 1. The van der Waals surface area contributed by atoms with Crippen LogP contribution < -0.4 is 10.1 Å². The van der Waals surface area contributed by atoms with E-state index in [1.807, 2.05) is 6.92 Å². The number of nitrogens with one attached hydrogen (secondary N) is 1. The van der Waals surface area contributed by atoms with E-state index in [-0.39, 0.29) is 41.7 Å². The second kappa shape index (κ2) is 11.4. The minimum atomic E-state index is -4.55. The summed E-state index contributed by atoms with van der Waals surface area (Å²) in [4.78, 5) is 17.0. The molecule has 218 valence electrons. The largest absolute Gasteiger partial charge is 0.416 e. The van der Waals surface area contributed by atoms with E-state index < -0.39 is 48.1 Å². The molecule has 0 spiro atoms. The summed E-state index contributed by atoms with van der Waals surface area (Å²) in [6, 6.07) is 2.63. The van der Waals surface area contributed by atoms with E-state index in [4.69, 9.17) is 0 Å². The van der Waals surface area contributed by atoms with Crippen LogP contribution in [0.15, 0.2) is 12.1 Å². The fourth-order valence-corrected chi connectivity index (χ4v) is 4.73. The lowest BCUT2D eigenvalue weighted by Gasteiger charge is -2.39. The molecule has 0 unspecified atom stereocenters. The Labute approximate surface area is 223 Å². The van der Waals surface area contributed by atoms with Crippen LogP contribution in [0.3, 0.4) is 0 Å². The molecule has 1 fully saturated rings. The lowest BCUT2D eigenvalue weighted by molar-refractivity contribution is -0.211. The molecule has 13 heteroatoms. The van der Waals surface area contributed by atoms with E-state index in [9.17, 15) is 37.0 Å². The Kier molecular flexibility index (Phi) is 8.95. The number of hydrogen-bond donors (Lipinski definition) is 3. The molecule has 2 aromatic heterocycles. The normalized spacial score (nSPS) is 22.3. The summed E-state index contributed by atoms with van der Waals surface area (Å²) in [6.45, 7) is 3.91. The van der Waals surface area contributed by atoms with Gasteiger partial charge in [-0.1, -0.05) is 20.8 Å². The number of rotatable bonds is 9. The number of halogens is 5. The van der Waals surface area contributed by atoms with Crippen LogP contribution in [0.25, 0.3) is 11.3 Å². The van der Waals surface area contributed by atoms with Gasteiger partial charge in [0.2, 0.25) is 5.88 Å². The SMILES string of the molecule is CCn1nc(C(=O)NC[C@@]2(O)CC[C@H](C)C[C@@H]2O)c(C)c1-c1ccc(CC(C)(C)C(F)(F)F)nc1OC(F)F. The number of aliphatic hydroxyl groups is 2. The second-order valence-corrected chi connectivity index (χ2v) is 10.9. The zero-order valence-corrected chi connectivity index (χ0v) is 22.6. The van der Waals surface area contributed by atoms with E-state index in [0.29, 0.717) is 24.8 Å². The Morgan fingerprint density at radius 1 is 1.31 bits per heavy atom. The van der Waals surface area contributed by atoms with Crippen molar-refractivity contribution in [2.75, 3.05) is 6.54 Å². The summed E-state index contributed by atoms with van der Waals surface area (Å²) >= 11 is 0. The summed E-state index contributed by atoms with van der Waals surface area (Å²) in [5, 5.41) is 28.1. The number of hydrogen-bond acceptors (Lipinski definition) is 6. The third kappa shape index (κ3) is 6.68. The van der Waals surface area contributed by atoms with Crippen molar-refractivity contribution in [1.29, 1.82) is 0 Å². The van der Waals surface area contributed by atoms with Crippen molar-refractivity contribution in [3.8, 4) is 17.1 Å². The van der Waals surface area contributed by atoms with E-state index in [2.05, 4.69) is 20.1 Å². The summed E-state index contributed by atoms with van der Waals surface area (Å²) in [5.74, 6) is -0.989. The first-order chi connectivity index (χ1) is 18.0. The molecular weight excluding hydrogens is 527 g/mol. The Hall–Kier alpha value is -2.80. The van der Waals surface area contributed by atoms with Crippen molar-refractivity contribution in [2.24, 2.45) is 11.3 Å². The lowest BCUT2D eigenvalue weighted by atomic mass is 9.77. The Bertz CT molecular complexity index is 1180. The van der Waals surface area contributed by atoms with Gasteiger partial charge in [-0.15, -0.1) is 0 Å². The van der Waals surface area contributed by atoms with Crippen LogP contribution >= 0.6 is 0 Å². The van der Waals surface area contributed by atoms with Crippen LogP contribution in [0, 0.1) is 18.3 Å². The zero-order chi connectivity index (χ0) is 29.3. The number of carbonyl (C=O) groups is 1. The van der Waals surface area contributed by atoms with Crippen molar-refractivity contribution < 1.29 is 41.7 Å². The van der Waals surface area contributed by atoms with E-state index >= 15 is 0 Å². The fraction of sp³-hybridized carbons (Fsp3) is 0.654. The monoisotopic (exact) mass is 562 g/mol. The number of nitrogens with zero attached hydrogens (tertiary/aromatic N) is 3. The predicted molar refractivity (Wildman–Crippen MR) is 132 cm³/mol. The first-order valence-electron chi connectivity index (χ1n) is 12.8. The maximum absolute atomic E-state index is 13.4. The number of pyridine rings is 1. The number of aliphatic hydroxyl groups excluding tert-OH is 1. The summed E-state index contributed by atoms with van der Waals surface area (Å²) < 4.78 is 72.7. The highest BCUT2D eigenvalue weighted by molar-refractivity contribution is 5.95. The van der Waals surface area contributed by atoms with E-state index in [1.165, 1.54) is 16.8 Å². The molecule has 1 amide bonds. The Balaban J connectivity index is 1.94. The maximum atomic E-state index is 13.4. The van der Waals surface area contributed by atoms with Gasteiger partial charge in [-0.25, -0.2) is 4.98 Å². The van der Waals surface area contributed by atoms with Gasteiger partial charge in [0.1, 0.15) is 5.60 Å². The molecule has 2 heterocycles. The summed E-state index contributed by atoms with van der Waals surface area (Å²) in [7, 11) is 0. The molecule has 0 saturated heterocycles. The molecular formula is C26H35F5N4O4. The molecule has 8 nitrogen and oxygen atoms in total. The zero-order valence-electron chi connectivity index (χ0n) is 22.6. The average molecular weight is 563 g/mol. The molecule has 0 radical (unpaired) electrons. The van der Waals surface area contributed by atoms with Crippen molar-refractivity contribution >= 4 is 5.91 Å². The number of carbonyl (C=O) groups excluding carboxylic acids is 1. The summed E-state index contributed by atoms with van der Waals surface area (Å²) in [5.41, 5.74) is -3.23. The van der Waals surface area contributed by atoms with Crippen LogP contribution in [0.2, 0.25) is 0 Å². The molecule has 1 saturated carbocycles. The topological polar surface area (TPSA) is 110 Å². The quantitative estimate of drug-likeness (QED) is 0.384. The van der Waals surface area contributed by atoms with Gasteiger partial charge in [-0.05, 0) is 51.2 Å².